The van der Waals surface area contributed by atoms with E-state index in [1.165, 1.54) is 0 Å². The van der Waals surface area contributed by atoms with Crippen LogP contribution in [0.25, 0.3) is 0 Å². The Morgan fingerprint density at radius 3 is 2.63 bits per heavy atom. The lowest BCUT2D eigenvalue weighted by atomic mass is 10.1. The van der Waals surface area contributed by atoms with Gasteiger partial charge in [-0.1, -0.05) is 0 Å². The van der Waals surface area contributed by atoms with Crippen molar-refractivity contribution < 1.29 is 28.6 Å². The van der Waals surface area contributed by atoms with E-state index in [1.807, 2.05) is 0 Å². The normalized spacial score (nSPS) is 19.1. The number of hydrogen-bond acceptors (Lipinski definition) is 6. The lowest BCUT2D eigenvalue weighted by Gasteiger charge is -2.26. The molecule has 0 unspecified atom stereocenters. The molecule has 0 aromatic heterocycles. The molecule has 9 nitrogen and oxygen atoms in total. The SMILES string of the molecule is COCCCNC(=O)[C@H]1CC(=O)N(c2ccc(OCC(=O)N3CCOCC3)cc2)C1. The van der Waals surface area contributed by atoms with Gasteiger partial charge in [0.15, 0.2) is 6.61 Å². The molecule has 3 amide bonds. The van der Waals surface area contributed by atoms with Gasteiger partial charge in [-0.3, -0.25) is 14.4 Å². The number of anilines is 1. The second kappa shape index (κ2) is 10.9. The summed E-state index contributed by atoms with van der Waals surface area (Å²) in [6.45, 7) is 3.71. The Labute approximate surface area is 176 Å². The van der Waals surface area contributed by atoms with Gasteiger partial charge in [0.25, 0.3) is 5.91 Å². The standard InChI is InChI=1S/C21H29N3O6/c1-28-10-2-7-22-21(27)16-13-19(25)24(14-16)17-3-5-18(6-4-17)30-15-20(26)23-8-11-29-12-9-23/h3-6,16H,2,7-15H2,1H3,(H,22,27)/t16-/m0/s1. The van der Waals surface area contributed by atoms with E-state index < -0.39 is 0 Å². The molecule has 1 N–H and O–H groups in total. The molecule has 1 aromatic rings. The number of morpholine rings is 1. The summed E-state index contributed by atoms with van der Waals surface area (Å²) in [4.78, 5) is 40.1. The zero-order valence-electron chi connectivity index (χ0n) is 17.3. The number of carbonyl (C=O) groups is 3. The van der Waals surface area contributed by atoms with Gasteiger partial charge < -0.3 is 29.3 Å². The minimum absolute atomic E-state index is 0.0344. The maximum absolute atomic E-state index is 12.4. The number of ether oxygens (including phenoxy) is 3. The molecule has 0 spiro atoms. The second-order valence-electron chi connectivity index (χ2n) is 7.32. The molecule has 164 valence electrons. The molecule has 2 fully saturated rings. The van der Waals surface area contributed by atoms with E-state index >= 15 is 0 Å². The molecule has 2 aliphatic heterocycles. The van der Waals surface area contributed by atoms with Crippen LogP contribution in [0, 0.1) is 5.92 Å². The number of benzene rings is 1. The third kappa shape index (κ3) is 5.93. The summed E-state index contributed by atoms with van der Waals surface area (Å²) in [6.07, 6.45) is 0.935. The van der Waals surface area contributed by atoms with Crippen molar-refractivity contribution in [1.82, 2.24) is 10.2 Å². The molecule has 2 heterocycles. The quantitative estimate of drug-likeness (QED) is 0.583. The highest BCUT2D eigenvalue weighted by atomic mass is 16.5. The van der Waals surface area contributed by atoms with Gasteiger partial charge in [0.05, 0.1) is 19.1 Å². The number of methoxy groups -OCH3 is 1. The molecule has 0 radical (unpaired) electrons. The number of amides is 3. The van der Waals surface area contributed by atoms with E-state index in [1.54, 1.807) is 41.2 Å². The molecule has 0 aliphatic carbocycles. The third-order valence-electron chi connectivity index (χ3n) is 5.19. The Hall–Kier alpha value is -2.65. The third-order valence-corrected chi connectivity index (χ3v) is 5.19. The minimum Gasteiger partial charge on any atom is -0.484 e. The molecule has 0 saturated carbocycles. The highest BCUT2D eigenvalue weighted by Crippen LogP contribution is 2.27. The summed E-state index contributed by atoms with van der Waals surface area (Å²) >= 11 is 0. The number of nitrogens with one attached hydrogen (secondary N) is 1. The van der Waals surface area contributed by atoms with E-state index in [9.17, 15) is 14.4 Å². The first-order chi connectivity index (χ1) is 14.6. The van der Waals surface area contributed by atoms with Gasteiger partial charge in [-0.25, -0.2) is 0 Å². The predicted octanol–water partition coefficient (Wildman–Crippen LogP) is 0.430. The summed E-state index contributed by atoms with van der Waals surface area (Å²) in [5, 5.41) is 2.85. The number of carbonyl (C=O) groups excluding carboxylic acids is 3. The molecule has 30 heavy (non-hydrogen) atoms. The Balaban J connectivity index is 1.47. The van der Waals surface area contributed by atoms with Gasteiger partial charge in [0.2, 0.25) is 11.8 Å². The molecule has 2 saturated heterocycles. The first-order valence-corrected chi connectivity index (χ1v) is 10.2. The maximum Gasteiger partial charge on any atom is 0.260 e. The highest BCUT2D eigenvalue weighted by molar-refractivity contribution is 6.00. The van der Waals surface area contributed by atoms with Gasteiger partial charge in [-0.15, -0.1) is 0 Å². The van der Waals surface area contributed by atoms with Crippen LogP contribution < -0.4 is 15.0 Å². The van der Waals surface area contributed by atoms with Crippen LogP contribution in [-0.4, -0.2) is 82.3 Å². The van der Waals surface area contributed by atoms with Crippen molar-refractivity contribution in [3.8, 4) is 5.75 Å². The predicted molar refractivity (Wildman–Crippen MR) is 109 cm³/mol. The van der Waals surface area contributed by atoms with Crippen LogP contribution in [0.3, 0.4) is 0 Å². The average molecular weight is 419 g/mol. The van der Waals surface area contributed by atoms with Crippen molar-refractivity contribution in [2.24, 2.45) is 5.92 Å². The minimum atomic E-state index is -0.359. The van der Waals surface area contributed by atoms with E-state index in [2.05, 4.69) is 5.32 Å². The molecule has 9 heteroatoms. The fourth-order valence-electron chi connectivity index (χ4n) is 3.48. The van der Waals surface area contributed by atoms with Gasteiger partial charge in [0, 0.05) is 52.0 Å². The first kappa shape index (κ1) is 22.0. The van der Waals surface area contributed by atoms with E-state index in [0.29, 0.717) is 57.4 Å². The van der Waals surface area contributed by atoms with Crippen molar-refractivity contribution in [2.45, 2.75) is 12.8 Å². The van der Waals surface area contributed by atoms with Gasteiger partial charge in [-0.05, 0) is 30.7 Å². The van der Waals surface area contributed by atoms with Gasteiger partial charge in [-0.2, -0.15) is 0 Å². The summed E-state index contributed by atoms with van der Waals surface area (Å²) in [5.41, 5.74) is 0.710. The summed E-state index contributed by atoms with van der Waals surface area (Å²) in [6, 6.07) is 7.00. The fourth-order valence-corrected chi connectivity index (χ4v) is 3.48. The van der Waals surface area contributed by atoms with Crippen LogP contribution in [0.15, 0.2) is 24.3 Å². The van der Waals surface area contributed by atoms with E-state index in [4.69, 9.17) is 14.2 Å². The summed E-state index contributed by atoms with van der Waals surface area (Å²) < 4.78 is 15.8. The molecular formula is C21H29N3O6. The zero-order valence-corrected chi connectivity index (χ0v) is 17.3. The maximum atomic E-state index is 12.4. The summed E-state index contributed by atoms with van der Waals surface area (Å²) in [7, 11) is 1.62. The molecule has 3 rings (SSSR count). The lowest BCUT2D eigenvalue weighted by Crippen LogP contribution is -2.42. The van der Waals surface area contributed by atoms with Gasteiger partial charge in [0.1, 0.15) is 5.75 Å². The largest absolute Gasteiger partial charge is 0.484 e. The summed E-state index contributed by atoms with van der Waals surface area (Å²) in [5.74, 6) is -0.0651. The zero-order chi connectivity index (χ0) is 21.3. The first-order valence-electron chi connectivity index (χ1n) is 10.2. The Morgan fingerprint density at radius 1 is 1.20 bits per heavy atom. The number of nitrogens with zero attached hydrogens (tertiary/aromatic N) is 2. The van der Waals surface area contributed by atoms with E-state index in [0.717, 1.165) is 6.42 Å². The van der Waals surface area contributed by atoms with Crippen LogP contribution in [-0.2, 0) is 23.9 Å². The van der Waals surface area contributed by atoms with Crippen molar-refractivity contribution in [1.29, 1.82) is 0 Å². The second-order valence-corrected chi connectivity index (χ2v) is 7.32. The van der Waals surface area contributed by atoms with E-state index in [-0.39, 0.29) is 36.7 Å². The van der Waals surface area contributed by atoms with Crippen molar-refractivity contribution in [3.63, 3.8) is 0 Å². The topological polar surface area (TPSA) is 97.4 Å². The van der Waals surface area contributed by atoms with Gasteiger partial charge >= 0.3 is 0 Å². The Kier molecular flexibility index (Phi) is 8.04. The lowest BCUT2D eigenvalue weighted by molar-refractivity contribution is -0.137. The van der Waals surface area contributed by atoms with Crippen molar-refractivity contribution in [2.75, 3.05) is 64.6 Å². The highest BCUT2D eigenvalue weighted by Gasteiger charge is 2.34. The van der Waals surface area contributed by atoms with Crippen LogP contribution in [0.4, 0.5) is 5.69 Å². The monoisotopic (exact) mass is 419 g/mol. The number of hydrogen-bond donors (Lipinski definition) is 1. The Morgan fingerprint density at radius 2 is 1.93 bits per heavy atom. The molecular weight excluding hydrogens is 390 g/mol. The number of rotatable bonds is 9. The molecule has 1 aromatic carbocycles. The fraction of sp³-hybridized carbons (Fsp3) is 0.571. The molecule has 2 aliphatic rings. The van der Waals surface area contributed by atoms with Crippen LogP contribution in [0.2, 0.25) is 0 Å². The Bertz CT molecular complexity index is 733. The molecule has 1 atom stereocenters. The van der Waals surface area contributed by atoms with Crippen LogP contribution in [0.1, 0.15) is 12.8 Å². The smallest absolute Gasteiger partial charge is 0.260 e. The van der Waals surface area contributed by atoms with Crippen LogP contribution in [0.5, 0.6) is 5.75 Å². The van der Waals surface area contributed by atoms with Crippen molar-refractivity contribution >= 4 is 23.4 Å². The average Bonchev–Trinajstić information content (AvgIpc) is 3.17. The van der Waals surface area contributed by atoms with Crippen molar-refractivity contribution in [3.05, 3.63) is 24.3 Å². The van der Waals surface area contributed by atoms with Crippen LogP contribution >= 0.6 is 0 Å². The molecule has 0 bridgehead atoms.